The maximum atomic E-state index is 13.0. The minimum atomic E-state index is -0.142. The molecule has 2 heterocycles. The van der Waals surface area contributed by atoms with E-state index >= 15 is 0 Å². The Hall–Kier alpha value is -3.33. The summed E-state index contributed by atoms with van der Waals surface area (Å²) in [4.78, 5) is 17.1. The van der Waals surface area contributed by atoms with Gasteiger partial charge < -0.3 is 33.9 Å². The Kier molecular flexibility index (Phi) is 7.84. The lowest BCUT2D eigenvalue weighted by Gasteiger charge is -2.34. The first-order valence-electron chi connectivity index (χ1n) is 11.8. The number of carbonyl (C=O) groups is 1. The predicted octanol–water partition coefficient (Wildman–Crippen LogP) is 3.96. The number of nitrogens with one attached hydrogen (secondary N) is 1. The number of urea groups is 1. The molecule has 0 aliphatic carbocycles. The Balaban J connectivity index is 1.36. The van der Waals surface area contributed by atoms with Gasteiger partial charge in [0, 0.05) is 44.9 Å². The second-order valence-corrected chi connectivity index (χ2v) is 7.98. The second kappa shape index (κ2) is 11.2. The van der Waals surface area contributed by atoms with Gasteiger partial charge in [0.25, 0.3) is 0 Å². The zero-order valence-corrected chi connectivity index (χ0v) is 20.1. The minimum Gasteiger partial charge on any atom is -0.490 e. The topological polar surface area (TPSA) is 81.7 Å². The molecule has 1 N–H and O–H groups in total. The molecule has 0 radical (unpaired) electrons. The Labute approximate surface area is 200 Å². The smallest absolute Gasteiger partial charge is 0.321 e. The first-order valence-corrected chi connectivity index (χ1v) is 11.8. The standard InChI is InChI=1S/C25H33N3O6/c1-4-30-22-14-19(15-23(31-5-2)24(22)32-6-3)26-25(29)28-11-9-27(10-12-28)16-18-7-8-20-21(13-18)34-17-33-20/h7-8,13-15H,4-6,9-12,16-17H2,1-3H3,(H,26,29). The van der Waals surface area contributed by atoms with Crippen molar-refractivity contribution < 1.29 is 28.5 Å². The summed E-state index contributed by atoms with van der Waals surface area (Å²) in [5, 5.41) is 2.99. The fraction of sp³-hybridized carbons (Fsp3) is 0.480. The van der Waals surface area contributed by atoms with Crippen LogP contribution in [0.5, 0.6) is 28.7 Å². The monoisotopic (exact) mass is 471 g/mol. The van der Waals surface area contributed by atoms with Gasteiger partial charge in [-0.1, -0.05) is 6.07 Å². The number of rotatable bonds is 9. The highest BCUT2D eigenvalue weighted by atomic mass is 16.7. The first kappa shape index (κ1) is 23.8. The number of fused-ring (bicyclic) bond motifs is 1. The van der Waals surface area contributed by atoms with Crippen LogP contribution in [0.4, 0.5) is 10.5 Å². The molecule has 0 bridgehead atoms. The van der Waals surface area contributed by atoms with Gasteiger partial charge in [0.1, 0.15) is 0 Å². The predicted molar refractivity (Wildman–Crippen MR) is 128 cm³/mol. The molecule has 0 spiro atoms. The van der Waals surface area contributed by atoms with Crippen LogP contribution in [0.2, 0.25) is 0 Å². The normalized spacial score (nSPS) is 15.2. The molecule has 2 aromatic carbocycles. The molecule has 9 nitrogen and oxygen atoms in total. The van der Waals surface area contributed by atoms with Crippen molar-refractivity contribution in [2.75, 3.05) is 58.1 Å². The van der Waals surface area contributed by atoms with E-state index in [1.165, 1.54) is 5.56 Å². The summed E-state index contributed by atoms with van der Waals surface area (Å²) >= 11 is 0. The van der Waals surface area contributed by atoms with E-state index in [1.807, 2.05) is 37.8 Å². The van der Waals surface area contributed by atoms with E-state index in [2.05, 4.69) is 16.3 Å². The number of ether oxygens (including phenoxy) is 5. The van der Waals surface area contributed by atoms with Crippen LogP contribution in [0.3, 0.4) is 0 Å². The number of hydrogen-bond acceptors (Lipinski definition) is 7. The largest absolute Gasteiger partial charge is 0.490 e. The highest BCUT2D eigenvalue weighted by Gasteiger charge is 2.23. The summed E-state index contributed by atoms with van der Waals surface area (Å²) < 4.78 is 28.1. The first-order chi connectivity index (χ1) is 16.6. The Morgan fingerprint density at radius 3 is 2.18 bits per heavy atom. The average Bonchev–Trinajstić information content (AvgIpc) is 3.30. The molecule has 2 aromatic rings. The van der Waals surface area contributed by atoms with Crippen molar-refractivity contribution in [2.45, 2.75) is 27.3 Å². The fourth-order valence-electron chi connectivity index (χ4n) is 4.07. The molecule has 0 unspecified atom stereocenters. The summed E-state index contributed by atoms with van der Waals surface area (Å²) in [5.74, 6) is 3.25. The molecule has 2 aliphatic rings. The third-order valence-electron chi connectivity index (χ3n) is 5.66. The molecular formula is C25H33N3O6. The molecule has 184 valence electrons. The minimum absolute atomic E-state index is 0.142. The van der Waals surface area contributed by atoms with Crippen LogP contribution >= 0.6 is 0 Å². The lowest BCUT2D eigenvalue weighted by atomic mass is 10.1. The summed E-state index contributed by atoms with van der Waals surface area (Å²) in [6.45, 7) is 11.1. The van der Waals surface area contributed by atoms with Crippen molar-refractivity contribution in [3.8, 4) is 28.7 Å². The Morgan fingerprint density at radius 2 is 1.53 bits per heavy atom. The maximum Gasteiger partial charge on any atom is 0.321 e. The van der Waals surface area contributed by atoms with E-state index in [0.717, 1.165) is 31.1 Å². The number of anilines is 1. The molecular weight excluding hydrogens is 438 g/mol. The van der Waals surface area contributed by atoms with Gasteiger partial charge in [0.05, 0.1) is 25.5 Å². The van der Waals surface area contributed by atoms with Crippen molar-refractivity contribution >= 4 is 11.7 Å². The molecule has 4 rings (SSSR count). The lowest BCUT2D eigenvalue weighted by molar-refractivity contribution is 0.143. The van der Waals surface area contributed by atoms with E-state index in [0.29, 0.717) is 55.8 Å². The lowest BCUT2D eigenvalue weighted by Crippen LogP contribution is -2.49. The molecule has 2 amide bonds. The molecule has 0 aromatic heterocycles. The van der Waals surface area contributed by atoms with Gasteiger partial charge >= 0.3 is 6.03 Å². The van der Waals surface area contributed by atoms with Gasteiger partial charge in [-0.25, -0.2) is 4.79 Å². The number of hydrogen-bond donors (Lipinski definition) is 1. The van der Waals surface area contributed by atoms with Crippen LogP contribution < -0.4 is 29.0 Å². The molecule has 1 saturated heterocycles. The van der Waals surface area contributed by atoms with Crippen molar-refractivity contribution in [3.63, 3.8) is 0 Å². The van der Waals surface area contributed by atoms with E-state index in [9.17, 15) is 4.79 Å². The van der Waals surface area contributed by atoms with Crippen LogP contribution in [-0.4, -0.2) is 68.6 Å². The van der Waals surface area contributed by atoms with Crippen LogP contribution in [0.1, 0.15) is 26.3 Å². The van der Waals surface area contributed by atoms with Gasteiger partial charge in [-0.3, -0.25) is 4.90 Å². The van der Waals surface area contributed by atoms with Gasteiger partial charge in [-0.2, -0.15) is 0 Å². The number of piperazine rings is 1. The molecule has 0 saturated carbocycles. The molecule has 2 aliphatic heterocycles. The van der Waals surface area contributed by atoms with Gasteiger partial charge in [0.2, 0.25) is 12.5 Å². The number of nitrogens with zero attached hydrogens (tertiary/aromatic N) is 2. The van der Waals surface area contributed by atoms with Crippen molar-refractivity contribution in [3.05, 3.63) is 35.9 Å². The van der Waals surface area contributed by atoms with Gasteiger partial charge in [0.15, 0.2) is 23.0 Å². The summed E-state index contributed by atoms with van der Waals surface area (Å²) in [6, 6.07) is 9.46. The van der Waals surface area contributed by atoms with E-state index in [1.54, 1.807) is 12.1 Å². The van der Waals surface area contributed by atoms with E-state index in [4.69, 9.17) is 23.7 Å². The van der Waals surface area contributed by atoms with E-state index in [-0.39, 0.29) is 12.8 Å². The highest BCUT2D eigenvalue weighted by Crippen LogP contribution is 2.41. The third kappa shape index (κ3) is 5.59. The van der Waals surface area contributed by atoms with Crippen molar-refractivity contribution in [1.29, 1.82) is 0 Å². The molecule has 34 heavy (non-hydrogen) atoms. The number of benzene rings is 2. The SMILES string of the molecule is CCOc1cc(NC(=O)N2CCN(Cc3ccc4c(c3)OCO4)CC2)cc(OCC)c1OCC. The van der Waals surface area contributed by atoms with Crippen LogP contribution in [-0.2, 0) is 6.54 Å². The average molecular weight is 472 g/mol. The highest BCUT2D eigenvalue weighted by molar-refractivity contribution is 5.90. The molecule has 0 atom stereocenters. The van der Waals surface area contributed by atoms with E-state index < -0.39 is 0 Å². The van der Waals surface area contributed by atoms with Crippen LogP contribution in [0.25, 0.3) is 0 Å². The van der Waals surface area contributed by atoms with Gasteiger partial charge in [-0.15, -0.1) is 0 Å². The Bertz CT molecular complexity index is 964. The summed E-state index contributed by atoms with van der Waals surface area (Å²) in [7, 11) is 0. The van der Waals surface area contributed by atoms with Crippen LogP contribution in [0.15, 0.2) is 30.3 Å². The second-order valence-electron chi connectivity index (χ2n) is 7.98. The number of carbonyl (C=O) groups excluding carboxylic acids is 1. The van der Waals surface area contributed by atoms with Crippen molar-refractivity contribution in [2.24, 2.45) is 0 Å². The summed E-state index contributed by atoms with van der Waals surface area (Å²) in [5.41, 5.74) is 1.78. The summed E-state index contributed by atoms with van der Waals surface area (Å²) in [6.07, 6.45) is 0. The quantitative estimate of drug-likeness (QED) is 0.593. The number of amides is 2. The third-order valence-corrected chi connectivity index (χ3v) is 5.66. The molecule has 1 fully saturated rings. The zero-order chi connectivity index (χ0) is 23.9. The van der Waals surface area contributed by atoms with Gasteiger partial charge in [-0.05, 0) is 38.5 Å². The fourth-order valence-corrected chi connectivity index (χ4v) is 4.07. The van der Waals surface area contributed by atoms with Crippen LogP contribution in [0, 0.1) is 0 Å². The zero-order valence-electron chi connectivity index (χ0n) is 20.1. The Morgan fingerprint density at radius 1 is 0.882 bits per heavy atom. The van der Waals surface area contributed by atoms with Crippen molar-refractivity contribution in [1.82, 2.24) is 9.80 Å². The molecule has 9 heteroatoms. The maximum absolute atomic E-state index is 13.0.